The van der Waals surface area contributed by atoms with E-state index in [0.717, 1.165) is 10.9 Å². The summed E-state index contributed by atoms with van der Waals surface area (Å²) in [4.78, 5) is 0. The second-order valence-electron chi connectivity index (χ2n) is 4.30. The summed E-state index contributed by atoms with van der Waals surface area (Å²) < 4.78 is 19.1. The van der Waals surface area contributed by atoms with E-state index in [9.17, 15) is 4.39 Å². The summed E-state index contributed by atoms with van der Waals surface area (Å²) in [7, 11) is 0. The number of alkyl halides is 1. The number of nitriles is 1. The van der Waals surface area contributed by atoms with E-state index in [4.69, 9.17) is 10.00 Å². The molecule has 0 amide bonds. The lowest BCUT2D eigenvalue weighted by Crippen LogP contribution is -2.12. The van der Waals surface area contributed by atoms with Crippen LogP contribution in [-0.4, -0.2) is 11.9 Å². The molecule has 0 N–H and O–H groups in total. The Labute approximate surface area is 125 Å². The van der Waals surface area contributed by atoms with Crippen molar-refractivity contribution >= 4 is 15.9 Å². The number of nitrogens with zero attached hydrogens (tertiary/aromatic N) is 1. The van der Waals surface area contributed by atoms with Crippen LogP contribution in [-0.2, 0) is 0 Å². The van der Waals surface area contributed by atoms with Crippen LogP contribution < -0.4 is 4.74 Å². The Morgan fingerprint density at radius 3 is 2.55 bits per heavy atom. The van der Waals surface area contributed by atoms with Gasteiger partial charge in [0.05, 0.1) is 6.61 Å². The van der Waals surface area contributed by atoms with Crippen molar-refractivity contribution in [3.8, 4) is 11.8 Å². The third-order valence-corrected chi connectivity index (χ3v) is 3.77. The number of hydrogen-bond donors (Lipinski definition) is 0. The lowest BCUT2D eigenvalue weighted by Gasteiger charge is -2.16. The van der Waals surface area contributed by atoms with Crippen LogP contribution in [0.15, 0.2) is 48.5 Å². The van der Waals surface area contributed by atoms with Crippen molar-refractivity contribution in [2.45, 2.75) is 5.92 Å². The minimum Gasteiger partial charge on any atom is -0.491 e. The molecule has 0 aliphatic rings. The second kappa shape index (κ2) is 7.06. The van der Waals surface area contributed by atoms with Gasteiger partial charge in [-0.1, -0.05) is 52.3 Å². The van der Waals surface area contributed by atoms with Crippen molar-refractivity contribution in [1.82, 2.24) is 0 Å². The van der Waals surface area contributed by atoms with Crippen molar-refractivity contribution in [3.63, 3.8) is 0 Å². The third kappa shape index (κ3) is 3.37. The first-order valence-corrected chi connectivity index (χ1v) is 7.30. The topological polar surface area (TPSA) is 33.0 Å². The summed E-state index contributed by atoms with van der Waals surface area (Å²) in [5.74, 6) is -0.125. The molecule has 0 saturated carbocycles. The zero-order chi connectivity index (χ0) is 14.4. The average molecular weight is 334 g/mol. The van der Waals surface area contributed by atoms with Crippen LogP contribution in [0.5, 0.6) is 5.75 Å². The zero-order valence-corrected chi connectivity index (χ0v) is 12.3. The maximum Gasteiger partial charge on any atom is 0.144 e. The van der Waals surface area contributed by atoms with Gasteiger partial charge in [-0.15, -0.1) is 0 Å². The smallest absolute Gasteiger partial charge is 0.144 e. The Kier molecular flexibility index (Phi) is 5.14. The fraction of sp³-hybridized carbons (Fsp3) is 0.188. The van der Waals surface area contributed by atoms with Crippen LogP contribution >= 0.6 is 15.9 Å². The zero-order valence-electron chi connectivity index (χ0n) is 10.7. The second-order valence-corrected chi connectivity index (χ2v) is 4.95. The molecule has 0 bridgehead atoms. The molecule has 0 aliphatic heterocycles. The highest BCUT2D eigenvalue weighted by Crippen LogP contribution is 2.24. The predicted molar refractivity (Wildman–Crippen MR) is 79.6 cm³/mol. The maximum atomic E-state index is 13.5. The van der Waals surface area contributed by atoms with Crippen molar-refractivity contribution in [2.24, 2.45) is 0 Å². The van der Waals surface area contributed by atoms with Crippen LogP contribution in [0.3, 0.4) is 0 Å². The molecule has 0 spiro atoms. The molecule has 0 heterocycles. The summed E-state index contributed by atoms with van der Waals surface area (Å²) in [6.07, 6.45) is 0. The van der Waals surface area contributed by atoms with Gasteiger partial charge in [0, 0.05) is 11.2 Å². The SMILES string of the molecule is N#Cc1c(F)cccc1OCC(CBr)c1ccccc1. The Morgan fingerprint density at radius 1 is 1.15 bits per heavy atom. The van der Waals surface area contributed by atoms with Gasteiger partial charge in [-0.2, -0.15) is 5.26 Å². The van der Waals surface area contributed by atoms with E-state index < -0.39 is 5.82 Å². The summed E-state index contributed by atoms with van der Waals surface area (Å²) in [5.41, 5.74) is 1.09. The van der Waals surface area contributed by atoms with Crippen molar-refractivity contribution < 1.29 is 9.13 Å². The van der Waals surface area contributed by atoms with E-state index in [2.05, 4.69) is 15.9 Å². The van der Waals surface area contributed by atoms with E-state index >= 15 is 0 Å². The fourth-order valence-electron chi connectivity index (χ4n) is 1.88. The molecule has 2 nitrogen and oxygen atoms in total. The Hall–Kier alpha value is -1.86. The highest BCUT2D eigenvalue weighted by molar-refractivity contribution is 9.09. The minimum atomic E-state index is -0.555. The van der Waals surface area contributed by atoms with Crippen LogP contribution in [0.2, 0.25) is 0 Å². The highest BCUT2D eigenvalue weighted by Gasteiger charge is 2.14. The number of benzene rings is 2. The van der Waals surface area contributed by atoms with E-state index in [0.29, 0.717) is 6.61 Å². The first-order chi connectivity index (χ1) is 9.76. The number of rotatable bonds is 5. The van der Waals surface area contributed by atoms with Crippen LogP contribution in [0.1, 0.15) is 17.0 Å². The first-order valence-electron chi connectivity index (χ1n) is 6.18. The van der Waals surface area contributed by atoms with Crippen molar-refractivity contribution in [2.75, 3.05) is 11.9 Å². The van der Waals surface area contributed by atoms with Gasteiger partial charge >= 0.3 is 0 Å². The fourth-order valence-corrected chi connectivity index (χ4v) is 2.44. The third-order valence-electron chi connectivity index (χ3n) is 2.98. The minimum absolute atomic E-state index is 0.0473. The lowest BCUT2D eigenvalue weighted by molar-refractivity contribution is 0.295. The molecule has 0 aliphatic carbocycles. The predicted octanol–water partition coefficient (Wildman–Crippen LogP) is 4.25. The van der Waals surface area contributed by atoms with E-state index in [1.54, 1.807) is 6.07 Å². The van der Waals surface area contributed by atoms with Crippen molar-refractivity contribution in [3.05, 3.63) is 65.5 Å². The molecular formula is C16H13BrFNO. The van der Waals surface area contributed by atoms with Gasteiger partial charge in [0.25, 0.3) is 0 Å². The molecular weight excluding hydrogens is 321 g/mol. The monoisotopic (exact) mass is 333 g/mol. The molecule has 1 atom stereocenters. The normalized spacial score (nSPS) is 11.7. The maximum absolute atomic E-state index is 13.5. The number of ether oxygens (including phenoxy) is 1. The molecule has 0 saturated heterocycles. The summed E-state index contributed by atoms with van der Waals surface area (Å²) >= 11 is 3.46. The Morgan fingerprint density at radius 2 is 1.90 bits per heavy atom. The molecule has 2 aromatic rings. The van der Waals surface area contributed by atoms with Crippen LogP contribution in [0.4, 0.5) is 4.39 Å². The molecule has 102 valence electrons. The van der Waals surface area contributed by atoms with E-state index in [1.165, 1.54) is 12.1 Å². The molecule has 0 fully saturated rings. The molecule has 4 heteroatoms. The van der Waals surface area contributed by atoms with Gasteiger partial charge in [0.1, 0.15) is 23.2 Å². The van der Waals surface area contributed by atoms with Crippen LogP contribution in [0, 0.1) is 17.1 Å². The van der Waals surface area contributed by atoms with Gasteiger partial charge < -0.3 is 4.74 Å². The van der Waals surface area contributed by atoms with Gasteiger partial charge in [0.15, 0.2) is 0 Å². The highest BCUT2D eigenvalue weighted by atomic mass is 79.9. The van der Waals surface area contributed by atoms with Gasteiger partial charge in [-0.25, -0.2) is 4.39 Å². The van der Waals surface area contributed by atoms with Gasteiger partial charge in [-0.3, -0.25) is 0 Å². The summed E-state index contributed by atoms with van der Waals surface area (Å²) in [6.45, 7) is 0.382. The number of hydrogen-bond acceptors (Lipinski definition) is 2. The van der Waals surface area contributed by atoms with Crippen LogP contribution in [0.25, 0.3) is 0 Å². The standard InChI is InChI=1S/C16H13BrFNO/c17-9-13(12-5-2-1-3-6-12)11-20-16-8-4-7-15(18)14(16)10-19/h1-8,13H,9,11H2. The van der Waals surface area contributed by atoms with Crippen molar-refractivity contribution in [1.29, 1.82) is 5.26 Å². The lowest BCUT2D eigenvalue weighted by atomic mass is 10.0. The van der Waals surface area contributed by atoms with E-state index in [1.807, 2.05) is 36.4 Å². The molecule has 0 radical (unpaired) electrons. The molecule has 0 aromatic heterocycles. The largest absolute Gasteiger partial charge is 0.491 e. The molecule has 20 heavy (non-hydrogen) atoms. The molecule has 2 rings (SSSR count). The quantitative estimate of drug-likeness (QED) is 0.766. The summed E-state index contributed by atoms with van der Waals surface area (Å²) in [5, 5.41) is 9.69. The molecule has 1 unspecified atom stereocenters. The first kappa shape index (κ1) is 14.5. The average Bonchev–Trinajstić information content (AvgIpc) is 2.49. The Bertz CT molecular complexity index is 610. The summed E-state index contributed by atoms with van der Waals surface area (Å²) in [6, 6.07) is 16.2. The van der Waals surface area contributed by atoms with Gasteiger partial charge in [-0.05, 0) is 17.7 Å². The van der Waals surface area contributed by atoms with Gasteiger partial charge in [0.2, 0.25) is 0 Å². The van der Waals surface area contributed by atoms with E-state index in [-0.39, 0.29) is 17.2 Å². The molecule has 2 aromatic carbocycles. The Balaban J connectivity index is 2.12. The number of halogens is 2.